The molecule has 2 fully saturated rings. The third-order valence-corrected chi connectivity index (χ3v) is 7.91. The van der Waals surface area contributed by atoms with Crippen LogP contribution in [0, 0.1) is 5.92 Å². The molecular formula is C28H39N2O3+. The number of para-hydroxylation sites is 1. The van der Waals surface area contributed by atoms with Crippen molar-refractivity contribution in [2.45, 2.75) is 50.2 Å². The van der Waals surface area contributed by atoms with E-state index in [2.05, 4.69) is 14.1 Å². The first-order chi connectivity index (χ1) is 15.9. The standard InChI is InChI=1S/C28H39N2O3/c1-30(2,21-22-33-26-15-7-4-8-16-26)25-17-19-29(20-18-25)27(31)28(32,24-13-9-10-14-24)23-11-5-3-6-12-23/h3-8,11-12,15-16,24-25,32H,9-10,13-14,17-22H2,1-2H3/q+1. The van der Waals surface area contributed by atoms with E-state index in [1.807, 2.05) is 65.6 Å². The number of rotatable bonds is 8. The number of amides is 1. The maximum Gasteiger partial charge on any atom is 0.259 e. The number of hydrogen-bond donors (Lipinski definition) is 1. The Hall–Kier alpha value is -2.37. The van der Waals surface area contributed by atoms with E-state index >= 15 is 0 Å². The second kappa shape index (κ2) is 10.3. The first-order valence-electron chi connectivity index (χ1n) is 12.5. The number of nitrogens with zero attached hydrogens (tertiary/aromatic N) is 2. The van der Waals surface area contributed by atoms with Crippen molar-refractivity contribution in [2.24, 2.45) is 5.92 Å². The van der Waals surface area contributed by atoms with E-state index in [4.69, 9.17) is 4.74 Å². The second-order valence-corrected chi connectivity index (χ2v) is 10.3. The number of benzene rings is 2. The number of carbonyl (C=O) groups is 1. The molecule has 1 aliphatic heterocycles. The van der Waals surface area contributed by atoms with Gasteiger partial charge in [-0.1, -0.05) is 61.4 Å². The summed E-state index contributed by atoms with van der Waals surface area (Å²) in [5.41, 5.74) is -0.656. The minimum Gasteiger partial charge on any atom is -0.488 e. The molecule has 1 atom stereocenters. The second-order valence-electron chi connectivity index (χ2n) is 10.3. The van der Waals surface area contributed by atoms with Gasteiger partial charge in [0.25, 0.3) is 5.91 Å². The lowest BCUT2D eigenvalue weighted by Gasteiger charge is -2.45. The average Bonchev–Trinajstić information content (AvgIpc) is 3.40. The van der Waals surface area contributed by atoms with Gasteiger partial charge in [-0.15, -0.1) is 0 Å². The molecule has 5 heteroatoms. The van der Waals surface area contributed by atoms with Crippen LogP contribution in [0.25, 0.3) is 0 Å². The van der Waals surface area contributed by atoms with Gasteiger partial charge in [0.1, 0.15) is 18.9 Å². The SMILES string of the molecule is C[N+](C)(CCOc1ccccc1)C1CCN(C(=O)C(O)(c2ccccc2)C2CCCC2)CC1. The van der Waals surface area contributed by atoms with Gasteiger partial charge in [-0.3, -0.25) is 4.79 Å². The monoisotopic (exact) mass is 451 g/mol. The third-order valence-electron chi connectivity index (χ3n) is 7.91. The van der Waals surface area contributed by atoms with Gasteiger partial charge in [0.2, 0.25) is 0 Å². The number of carbonyl (C=O) groups excluding carboxylic acids is 1. The number of likely N-dealkylation sites (tertiary alicyclic amines) is 1. The van der Waals surface area contributed by atoms with E-state index < -0.39 is 5.60 Å². The number of quaternary nitrogens is 1. The summed E-state index contributed by atoms with van der Waals surface area (Å²) in [6.07, 6.45) is 5.90. The minimum atomic E-state index is -1.40. The molecule has 2 aromatic carbocycles. The van der Waals surface area contributed by atoms with Crippen LogP contribution >= 0.6 is 0 Å². The van der Waals surface area contributed by atoms with Crippen molar-refractivity contribution in [1.82, 2.24) is 4.90 Å². The quantitative estimate of drug-likeness (QED) is 0.612. The zero-order chi connectivity index (χ0) is 23.3. The van der Waals surface area contributed by atoms with E-state index in [0.29, 0.717) is 25.7 Å². The van der Waals surface area contributed by atoms with Gasteiger partial charge >= 0.3 is 0 Å². The highest BCUT2D eigenvalue weighted by Gasteiger charge is 2.49. The van der Waals surface area contributed by atoms with Crippen LogP contribution in [-0.4, -0.2) is 66.8 Å². The smallest absolute Gasteiger partial charge is 0.259 e. The van der Waals surface area contributed by atoms with Crippen molar-refractivity contribution in [2.75, 3.05) is 40.3 Å². The maximum atomic E-state index is 13.7. The van der Waals surface area contributed by atoms with E-state index in [-0.39, 0.29) is 11.8 Å². The van der Waals surface area contributed by atoms with Gasteiger partial charge in [-0.25, -0.2) is 0 Å². The average molecular weight is 452 g/mol. The first-order valence-corrected chi connectivity index (χ1v) is 12.5. The van der Waals surface area contributed by atoms with Crippen LogP contribution in [0.15, 0.2) is 60.7 Å². The maximum absolute atomic E-state index is 13.7. The molecule has 0 bridgehead atoms. The zero-order valence-corrected chi connectivity index (χ0v) is 20.2. The molecule has 4 rings (SSSR count). The molecule has 0 spiro atoms. The number of hydrogen-bond acceptors (Lipinski definition) is 3. The molecule has 5 nitrogen and oxygen atoms in total. The lowest BCUT2D eigenvalue weighted by atomic mass is 9.78. The van der Waals surface area contributed by atoms with Crippen molar-refractivity contribution < 1.29 is 19.1 Å². The lowest BCUT2D eigenvalue weighted by molar-refractivity contribution is -0.916. The number of ether oxygens (including phenoxy) is 1. The first kappa shape index (κ1) is 23.8. The van der Waals surface area contributed by atoms with Crippen molar-refractivity contribution in [3.63, 3.8) is 0 Å². The fourth-order valence-electron chi connectivity index (χ4n) is 5.68. The Kier molecular flexibility index (Phi) is 7.40. The van der Waals surface area contributed by atoms with E-state index in [1.165, 1.54) is 0 Å². The Morgan fingerprint density at radius 1 is 0.970 bits per heavy atom. The summed E-state index contributed by atoms with van der Waals surface area (Å²) >= 11 is 0. The molecule has 1 N–H and O–H groups in total. The Morgan fingerprint density at radius 2 is 1.55 bits per heavy atom. The highest BCUT2D eigenvalue weighted by atomic mass is 16.5. The molecule has 2 aromatic rings. The summed E-state index contributed by atoms with van der Waals surface area (Å²) in [4.78, 5) is 15.7. The fourth-order valence-corrected chi connectivity index (χ4v) is 5.68. The summed E-state index contributed by atoms with van der Waals surface area (Å²) in [6, 6.07) is 20.0. The molecule has 33 heavy (non-hydrogen) atoms. The van der Waals surface area contributed by atoms with Gasteiger partial charge in [0, 0.05) is 31.8 Å². The molecule has 1 saturated carbocycles. The predicted octanol–water partition coefficient (Wildman–Crippen LogP) is 4.21. The molecule has 2 aliphatic rings. The summed E-state index contributed by atoms with van der Waals surface area (Å²) in [5.74, 6) is 0.814. The van der Waals surface area contributed by atoms with Gasteiger partial charge in [0.15, 0.2) is 5.60 Å². The number of aliphatic hydroxyl groups is 1. The summed E-state index contributed by atoms with van der Waals surface area (Å²) in [5, 5.41) is 11.8. The highest BCUT2D eigenvalue weighted by molar-refractivity contribution is 5.87. The Balaban J connectivity index is 1.37. The van der Waals surface area contributed by atoms with Crippen LogP contribution in [0.4, 0.5) is 0 Å². The summed E-state index contributed by atoms with van der Waals surface area (Å²) in [7, 11) is 4.52. The molecule has 1 heterocycles. The molecule has 0 radical (unpaired) electrons. The summed E-state index contributed by atoms with van der Waals surface area (Å²) in [6.45, 7) is 2.99. The molecule has 1 saturated heterocycles. The van der Waals surface area contributed by atoms with E-state index in [0.717, 1.165) is 60.9 Å². The van der Waals surface area contributed by atoms with Gasteiger partial charge in [-0.05, 0) is 30.5 Å². The molecule has 1 amide bonds. The Labute approximate surface area is 198 Å². The number of likely N-dealkylation sites (N-methyl/N-ethyl adjacent to an activating group) is 1. The highest BCUT2D eigenvalue weighted by Crippen LogP contribution is 2.42. The van der Waals surface area contributed by atoms with Gasteiger partial charge in [-0.2, -0.15) is 0 Å². The van der Waals surface area contributed by atoms with Crippen molar-refractivity contribution in [3.8, 4) is 5.75 Å². The van der Waals surface area contributed by atoms with Crippen LogP contribution in [0.1, 0.15) is 44.1 Å². The predicted molar refractivity (Wildman–Crippen MR) is 131 cm³/mol. The van der Waals surface area contributed by atoms with Crippen molar-refractivity contribution in [3.05, 3.63) is 66.2 Å². The van der Waals surface area contributed by atoms with Crippen LogP contribution in [-0.2, 0) is 10.4 Å². The van der Waals surface area contributed by atoms with E-state index in [9.17, 15) is 9.90 Å². The fraction of sp³-hybridized carbons (Fsp3) is 0.536. The van der Waals surface area contributed by atoms with Gasteiger partial charge < -0.3 is 19.2 Å². The van der Waals surface area contributed by atoms with E-state index in [1.54, 1.807) is 0 Å². The van der Waals surface area contributed by atoms with Crippen LogP contribution in [0.5, 0.6) is 5.75 Å². The topological polar surface area (TPSA) is 49.8 Å². The molecule has 1 aliphatic carbocycles. The van der Waals surface area contributed by atoms with Crippen molar-refractivity contribution in [1.29, 1.82) is 0 Å². The van der Waals surface area contributed by atoms with Crippen LogP contribution < -0.4 is 4.74 Å². The summed E-state index contributed by atoms with van der Waals surface area (Å²) < 4.78 is 6.80. The molecule has 0 aromatic heterocycles. The van der Waals surface area contributed by atoms with Crippen LogP contribution in [0.3, 0.4) is 0 Å². The Morgan fingerprint density at radius 3 is 2.15 bits per heavy atom. The largest absolute Gasteiger partial charge is 0.488 e. The van der Waals surface area contributed by atoms with Gasteiger partial charge in [0.05, 0.1) is 20.1 Å². The number of piperidine rings is 1. The lowest BCUT2D eigenvalue weighted by Crippen LogP contribution is -2.58. The Bertz CT molecular complexity index is 888. The molecule has 178 valence electrons. The van der Waals surface area contributed by atoms with Crippen LogP contribution in [0.2, 0.25) is 0 Å². The zero-order valence-electron chi connectivity index (χ0n) is 20.2. The normalized spacial score (nSPS) is 19.9. The third kappa shape index (κ3) is 5.25. The molecular weight excluding hydrogens is 412 g/mol. The molecule has 1 unspecified atom stereocenters. The van der Waals surface area contributed by atoms with Crippen molar-refractivity contribution >= 4 is 5.91 Å². The minimum absolute atomic E-state index is 0.00693.